The molecule has 0 radical (unpaired) electrons. The zero-order valence-electron chi connectivity index (χ0n) is 15.8. The number of carbonyl (C=O) groups excluding carboxylic acids is 1. The number of nitrogens with zero attached hydrogens (tertiary/aromatic N) is 2. The Bertz CT molecular complexity index is 644. The number of ether oxygens (including phenoxy) is 2. The van der Waals surface area contributed by atoms with Crippen LogP contribution in [0.15, 0.2) is 24.3 Å². The highest BCUT2D eigenvalue weighted by Crippen LogP contribution is 2.37. The van der Waals surface area contributed by atoms with Gasteiger partial charge in [0.1, 0.15) is 5.75 Å². The number of amides is 1. The van der Waals surface area contributed by atoms with Gasteiger partial charge in [0, 0.05) is 24.8 Å². The molecule has 1 aromatic carbocycles. The summed E-state index contributed by atoms with van der Waals surface area (Å²) in [5.41, 5.74) is 0.568. The zero-order valence-corrected chi connectivity index (χ0v) is 15.8. The zero-order chi connectivity index (χ0) is 18.0. The van der Waals surface area contributed by atoms with Gasteiger partial charge in [-0.05, 0) is 70.3 Å². The Morgan fingerprint density at radius 3 is 2.96 bits per heavy atom. The standard InChI is InChI=1S/C21H30N2O3/c1-2-25-19-7-5-6-17(14-19)20(24)23-12-9-21(16-23)15-18(8-13-26-21)22-10-3-4-11-22/h5-7,14,18H,2-4,8-13,15-16H2,1H3/t18-,21-/m1/s1. The maximum absolute atomic E-state index is 13.0. The van der Waals surface area contributed by atoms with Crippen LogP contribution in [0.5, 0.6) is 5.75 Å². The molecule has 0 bridgehead atoms. The molecular weight excluding hydrogens is 328 g/mol. The number of hydrogen-bond acceptors (Lipinski definition) is 4. The fraction of sp³-hybridized carbons (Fsp3) is 0.667. The first-order valence-electron chi connectivity index (χ1n) is 10.1. The molecule has 3 aliphatic heterocycles. The fourth-order valence-corrected chi connectivity index (χ4v) is 4.79. The lowest BCUT2D eigenvalue weighted by Crippen LogP contribution is -2.49. The van der Waals surface area contributed by atoms with Gasteiger partial charge in [0.15, 0.2) is 0 Å². The molecule has 4 rings (SSSR count). The molecule has 3 aliphatic rings. The molecule has 1 amide bonds. The van der Waals surface area contributed by atoms with Crippen molar-refractivity contribution in [3.8, 4) is 5.75 Å². The largest absolute Gasteiger partial charge is 0.494 e. The normalized spacial score (nSPS) is 29.4. The minimum Gasteiger partial charge on any atom is -0.494 e. The van der Waals surface area contributed by atoms with Crippen molar-refractivity contribution in [2.45, 2.75) is 50.7 Å². The third-order valence-corrected chi connectivity index (χ3v) is 6.12. The second kappa shape index (κ2) is 7.57. The molecule has 1 aromatic rings. The SMILES string of the molecule is CCOc1cccc(C(=O)N2CC[C@@]3(C[C@H](N4CCCC4)CCO3)C2)c1. The van der Waals surface area contributed by atoms with E-state index in [9.17, 15) is 4.79 Å². The number of benzene rings is 1. The smallest absolute Gasteiger partial charge is 0.254 e. The predicted molar refractivity (Wildman–Crippen MR) is 101 cm³/mol. The molecule has 3 fully saturated rings. The topological polar surface area (TPSA) is 42.0 Å². The Balaban J connectivity index is 1.42. The van der Waals surface area contributed by atoms with Crippen molar-refractivity contribution < 1.29 is 14.3 Å². The predicted octanol–water partition coefficient (Wildman–Crippen LogP) is 2.94. The summed E-state index contributed by atoms with van der Waals surface area (Å²) in [6.07, 6.45) is 5.80. The molecule has 3 heterocycles. The molecule has 0 aliphatic carbocycles. The molecule has 5 heteroatoms. The third kappa shape index (κ3) is 3.60. The summed E-state index contributed by atoms with van der Waals surface area (Å²) in [7, 11) is 0. The second-order valence-corrected chi connectivity index (χ2v) is 7.86. The van der Waals surface area contributed by atoms with Crippen LogP contribution in [0.1, 0.15) is 49.4 Å². The van der Waals surface area contributed by atoms with Gasteiger partial charge in [0.2, 0.25) is 0 Å². The average Bonchev–Trinajstić information content (AvgIpc) is 3.33. The molecule has 0 aromatic heterocycles. The third-order valence-electron chi connectivity index (χ3n) is 6.12. The van der Waals surface area contributed by atoms with Crippen LogP contribution < -0.4 is 4.74 Å². The molecule has 0 N–H and O–H groups in total. The maximum Gasteiger partial charge on any atom is 0.254 e. The second-order valence-electron chi connectivity index (χ2n) is 7.86. The summed E-state index contributed by atoms with van der Waals surface area (Å²) in [4.78, 5) is 17.6. The average molecular weight is 358 g/mol. The highest BCUT2D eigenvalue weighted by atomic mass is 16.5. The van der Waals surface area contributed by atoms with Gasteiger partial charge in [-0.3, -0.25) is 4.79 Å². The van der Waals surface area contributed by atoms with E-state index in [0.717, 1.165) is 44.7 Å². The van der Waals surface area contributed by atoms with Gasteiger partial charge in [-0.15, -0.1) is 0 Å². The van der Waals surface area contributed by atoms with E-state index in [4.69, 9.17) is 9.47 Å². The van der Waals surface area contributed by atoms with Gasteiger partial charge in [-0.25, -0.2) is 0 Å². The fourth-order valence-electron chi connectivity index (χ4n) is 4.79. The lowest BCUT2D eigenvalue weighted by molar-refractivity contribution is -0.0946. The van der Waals surface area contributed by atoms with Crippen LogP contribution in [0.25, 0.3) is 0 Å². The molecule has 0 unspecified atom stereocenters. The Morgan fingerprint density at radius 1 is 1.31 bits per heavy atom. The van der Waals surface area contributed by atoms with Crippen molar-refractivity contribution in [1.82, 2.24) is 9.80 Å². The van der Waals surface area contributed by atoms with E-state index in [1.807, 2.05) is 36.1 Å². The lowest BCUT2D eigenvalue weighted by atomic mass is 9.89. The van der Waals surface area contributed by atoms with Gasteiger partial charge >= 0.3 is 0 Å². The molecular formula is C21H30N2O3. The van der Waals surface area contributed by atoms with E-state index in [1.54, 1.807) is 0 Å². The number of carbonyl (C=O) groups is 1. The first-order chi connectivity index (χ1) is 12.7. The highest BCUT2D eigenvalue weighted by molar-refractivity contribution is 5.94. The molecule has 142 valence electrons. The van der Waals surface area contributed by atoms with E-state index in [1.165, 1.54) is 25.9 Å². The van der Waals surface area contributed by atoms with Gasteiger partial charge < -0.3 is 19.3 Å². The number of rotatable bonds is 4. The van der Waals surface area contributed by atoms with Crippen LogP contribution in [0.3, 0.4) is 0 Å². The molecule has 2 atom stereocenters. The highest BCUT2D eigenvalue weighted by Gasteiger charge is 2.46. The number of hydrogen-bond donors (Lipinski definition) is 0. The van der Waals surface area contributed by atoms with Crippen LogP contribution in [-0.2, 0) is 4.74 Å². The minimum atomic E-state index is -0.140. The van der Waals surface area contributed by atoms with Gasteiger partial charge in [0.05, 0.1) is 18.8 Å². The van der Waals surface area contributed by atoms with Crippen LogP contribution in [0.2, 0.25) is 0 Å². The molecule has 26 heavy (non-hydrogen) atoms. The summed E-state index contributed by atoms with van der Waals surface area (Å²) >= 11 is 0. The Hall–Kier alpha value is -1.59. The minimum absolute atomic E-state index is 0.0929. The van der Waals surface area contributed by atoms with E-state index in [-0.39, 0.29) is 11.5 Å². The van der Waals surface area contributed by atoms with Crippen LogP contribution >= 0.6 is 0 Å². The van der Waals surface area contributed by atoms with Crippen LogP contribution in [-0.4, -0.2) is 66.7 Å². The Labute approximate surface area is 156 Å². The molecule has 0 saturated carbocycles. The Morgan fingerprint density at radius 2 is 2.15 bits per heavy atom. The quantitative estimate of drug-likeness (QED) is 0.830. The summed E-state index contributed by atoms with van der Waals surface area (Å²) in [5.74, 6) is 0.852. The van der Waals surface area contributed by atoms with Crippen molar-refractivity contribution in [3.63, 3.8) is 0 Å². The van der Waals surface area contributed by atoms with Crippen molar-refractivity contribution in [1.29, 1.82) is 0 Å². The van der Waals surface area contributed by atoms with Crippen molar-refractivity contribution >= 4 is 5.91 Å². The first-order valence-corrected chi connectivity index (χ1v) is 10.1. The van der Waals surface area contributed by atoms with Gasteiger partial charge in [-0.1, -0.05) is 6.07 Å². The van der Waals surface area contributed by atoms with Crippen molar-refractivity contribution in [2.75, 3.05) is 39.4 Å². The molecule has 5 nitrogen and oxygen atoms in total. The van der Waals surface area contributed by atoms with Crippen molar-refractivity contribution in [3.05, 3.63) is 29.8 Å². The molecule has 3 saturated heterocycles. The summed E-state index contributed by atoms with van der Waals surface area (Å²) in [6, 6.07) is 8.15. The van der Waals surface area contributed by atoms with Crippen LogP contribution in [0.4, 0.5) is 0 Å². The summed E-state index contributed by atoms with van der Waals surface area (Å²) in [5, 5.41) is 0. The van der Waals surface area contributed by atoms with Gasteiger partial charge in [-0.2, -0.15) is 0 Å². The van der Waals surface area contributed by atoms with Crippen molar-refractivity contribution in [2.24, 2.45) is 0 Å². The number of likely N-dealkylation sites (tertiary alicyclic amines) is 2. The lowest BCUT2D eigenvalue weighted by Gasteiger charge is -2.41. The Kier molecular flexibility index (Phi) is 5.18. The monoisotopic (exact) mass is 358 g/mol. The van der Waals surface area contributed by atoms with E-state index in [0.29, 0.717) is 18.2 Å². The summed E-state index contributed by atoms with van der Waals surface area (Å²) in [6.45, 7) is 7.34. The van der Waals surface area contributed by atoms with Crippen LogP contribution in [0, 0.1) is 0 Å². The van der Waals surface area contributed by atoms with E-state index >= 15 is 0 Å². The summed E-state index contributed by atoms with van der Waals surface area (Å²) < 4.78 is 11.8. The maximum atomic E-state index is 13.0. The van der Waals surface area contributed by atoms with E-state index in [2.05, 4.69) is 4.90 Å². The van der Waals surface area contributed by atoms with E-state index < -0.39 is 0 Å². The molecule has 1 spiro atoms. The van der Waals surface area contributed by atoms with Gasteiger partial charge in [0.25, 0.3) is 5.91 Å². The first kappa shape index (κ1) is 17.8.